The summed E-state index contributed by atoms with van der Waals surface area (Å²) in [6.07, 6.45) is -1.17. The molecular weight excluding hydrogens is 273 g/mol. The van der Waals surface area contributed by atoms with Crippen molar-refractivity contribution in [2.24, 2.45) is 0 Å². The van der Waals surface area contributed by atoms with Crippen molar-refractivity contribution in [2.45, 2.75) is 57.0 Å². The summed E-state index contributed by atoms with van der Waals surface area (Å²) in [6.45, 7) is 1.67. The standard InChI is InChI=1S/C13H21F3N2O2/c1-9(11-5-3-7-20-11)17-10-4-2-6-18(12(10)19)8-13(14,15)16/h9-11,17H,2-8H2,1H3/t9-,10-,11+/m0/s1. The highest BCUT2D eigenvalue weighted by Gasteiger charge is 2.38. The van der Waals surface area contributed by atoms with Crippen LogP contribution in [0.15, 0.2) is 0 Å². The molecule has 0 aliphatic carbocycles. The lowest BCUT2D eigenvalue weighted by atomic mass is 10.0. The molecule has 1 amide bonds. The second kappa shape index (κ2) is 6.30. The number of likely N-dealkylation sites (tertiary alicyclic amines) is 1. The van der Waals surface area contributed by atoms with Gasteiger partial charge < -0.3 is 15.0 Å². The van der Waals surface area contributed by atoms with Gasteiger partial charge >= 0.3 is 6.18 Å². The lowest BCUT2D eigenvalue weighted by Crippen LogP contribution is -2.56. The molecule has 0 aromatic rings. The van der Waals surface area contributed by atoms with E-state index in [0.717, 1.165) is 24.3 Å². The molecule has 2 aliphatic heterocycles. The molecule has 2 rings (SSSR count). The van der Waals surface area contributed by atoms with Gasteiger partial charge in [-0.15, -0.1) is 0 Å². The Labute approximate surface area is 116 Å². The van der Waals surface area contributed by atoms with E-state index in [1.54, 1.807) is 0 Å². The van der Waals surface area contributed by atoms with Gasteiger partial charge in [0.2, 0.25) is 5.91 Å². The summed E-state index contributed by atoms with van der Waals surface area (Å²) in [5.74, 6) is -0.446. The van der Waals surface area contributed by atoms with E-state index in [-0.39, 0.29) is 18.7 Å². The number of alkyl halides is 3. The van der Waals surface area contributed by atoms with Crippen LogP contribution in [0.25, 0.3) is 0 Å². The van der Waals surface area contributed by atoms with Gasteiger partial charge in [-0.1, -0.05) is 0 Å². The first-order valence-electron chi connectivity index (χ1n) is 7.10. The monoisotopic (exact) mass is 294 g/mol. The number of piperidine rings is 1. The number of hydrogen-bond donors (Lipinski definition) is 1. The molecule has 0 aromatic carbocycles. The molecule has 3 atom stereocenters. The van der Waals surface area contributed by atoms with Crippen LogP contribution in [0.3, 0.4) is 0 Å². The first-order chi connectivity index (χ1) is 9.37. The zero-order chi connectivity index (χ0) is 14.8. The van der Waals surface area contributed by atoms with Crippen LogP contribution >= 0.6 is 0 Å². The van der Waals surface area contributed by atoms with E-state index in [4.69, 9.17) is 4.74 Å². The van der Waals surface area contributed by atoms with Crippen molar-refractivity contribution >= 4 is 5.91 Å². The molecule has 20 heavy (non-hydrogen) atoms. The maximum atomic E-state index is 12.4. The fraction of sp³-hybridized carbons (Fsp3) is 0.923. The molecule has 0 radical (unpaired) electrons. The van der Waals surface area contributed by atoms with Crippen LogP contribution in [0.1, 0.15) is 32.6 Å². The van der Waals surface area contributed by atoms with Gasteiger partial charge in [0.15, 0.2) is 0 Å². The van der Waals surface area contributed by atoms with E-state index in [0.29, 0.717) is 12.8 Å². The summed E-state index contributed by atoms with van der Waals surface area (Å²) < 4.78 is 42.8. The van der Waals surface area contributed by atoms with Gasteiger partial charge in [0, 0.05) is 19.2 Å². The van der Waals surface area contributed by atoms with Crippen LogP contribution < -0.4 is 5.32 Å². The van der Waals surface area contributed by atoms with E-state index in [1.807, 2.05) is 6.92 Å². The molecule has 0 saturated carbocycles. The molecule has 0 bridgehead atoms. The highest BCUT2D eigenvalue weighted by Crippen LogP contribution is 2.22. The molecule has 0 aromatic heterocycles. The quantitative estimate of drug-likeness (QED) is 0.858. The van der Waals surface area contributed by atoms with Crippen LogP contribution in [0, 0.1) is 0 Å². The average molecular weight is 294 g/mol. The highest BCUT2D eigenvalue weighted by molar-refractivity contribution is 5.82. The number of ether oxygens (including phenoxy) is 1. The van der Waals surface area contributed by atoms with Crippen LogP contribution in [0.2, 0.25) is 0 Å². The number of rotatable bonds is 4. The summed E-state index contributed by atoms with van der Waals surface area (Å²) in [6, 6.07) is -0.539. The van der Waals surface area contributed by atoms with Crippen molar-refractivity contribution in [3.8, 4) is 0 Å². The van der Waals surface area contributed by atoms with Gasteiger partial charge in [0.05, 0.1) is 12.1 Å². The Bertz CT molecular complexity index is 343. The Morgan fingerprint density at radius 1 is 1.40 bits per heavy atom. The Kier molecular flexibility index (Phi) is 4.90. The minimum Gasteiger partial charge on any atom is -0.377 e. The summed E-state index contributed by atoms with van der Waals surface area (Å²) in [7, 11) is 0. The second-order valence-corrected chi connectivity index (χ2v) is 5.58. The number of halogens is 3. The predicted octanol–water partition coefficient (Wildman–Crippen LogP) is 1.70. The third-order valence-electron chi connectivity index (χ3n) is 3.89. The molecule has 2 saturated heterocycles. The minimum atomic E-state index is -4.34. The summed E-state index contributed by atoms with van der Waals surface area (Å²) in [4.78, 5) is 13.0. The van der Waals surface area contributed by atoms with Crippen LogP contribution in [-0.2, 0) is 9.53 Å². The van der Waals surface area contributed by atoms with Gasteiger partial charge in [0.25, 0.3) is 0 Å². The zero-order valence-electron chi connectivity index (χ0n) is 11.6. The largest absolute Gasteiger partial charge is 0.406 e. The topological polar surface area (TPSA) is 41.6 Å². The molecule has 0 spiro atoms. The van der Waals surface area contributed by atoms with Crippen molar-refractivity contribution in [2.75, 3.05) is 19.7 Å². The summed E-state index contributed by atoms with van der Waals surface area (Å²) in [5.41, 5.74) is 0. The summed E-state index contributed by atoms with van der Waals surface area (Å²) >= 11 is 0. The van der Waals surface area contributed by atoms with Crippen molar-refractivity contribution in [1.29, 1.82) is 0 Å². The maximum Gasteiger partial charge on any atom is 0.406 e. The highest BCUT2D eigenvalue weighted by atomic mass is 19.4. The van der Waals surface area contributed by atoms with E-state index in [2.05, 4.69) is 5.32 Å². The number of carbonyl (C=O) groups excluding carboxylic acids is 1. The number of nitrogens with zero attached hydrogens (tertiary/aromatic N) is 1. The van der Waals surface area contributed by atoms with Crippen molar-refractivity contribution < 1.29 is 22.7 Å². The molecule has 0 unspecified atom stereocenters. The minimum absolute atomic E-state index is 0.0164. The van der Waals surface area contributed by atoms with Gasteiger partial charge in [-0.05, 0) is 32.6 Å². The fourth-order valence-electron chi connectivity index (χ4n) is 2.89. The lowest BCUT2D eigenvalue weighted by molar-refractivity contribution is -0.165. The van der Waals surface area contributed by atoms with Crippen LogP contribution in [-0.4, -0.2) is 54.9 Å². The molecule has 2 heterocycles. The SMILES string of the molecule is C[C@H](N[C@H]1CCCN(CC(F)(F)F)C1=O)[C@H]1CCCO1. The van der Waals surface area contributed by atoms with E-state index in [1.165, 1.54) is 0 Å². The Morgan fingerprint density at radius 2 is 2.15 bits per heavy atom. The predicted molar refractivity (Wildman–Crippen MR) is 67.2 cm³/mol. The van der Waals surface area contributed by atoms with Gasteiger partial charge in [-0.3, -0.25) is 4.79 Å². The van der Waals surface area contributed by atoms with Crippen molar-refractivity contribution in [3.05, 3.63) is 0 Å². The van der Waals surface area contributed by atoms with Crippen LogP contribution in [0.5, 0.6) is 0 Å². The lowest BCUT2D eigenvalue weighted by Gasteiger charge is -2.35. The first-order valence-corrected chi connectivity index (χ1v) is 7.10. The Balaban J connectivity index is 1.89. The summed E-state index contributed by atoms with van der Waals surface area (Å²) in [5, 5.41) is 3.14. The second-order valence-electron chi connectivity index (χ2n) is 5.58. The molecule has 1 N–H and O–H groups in total. The van der Waals surface area contributed by atoms with E-state index >= 15 is 0 Å². The average Bonchev–Trinajstić information content (AvgIpc) is 2.86. The zero-order valence-corrected chi connectivity index (χ0v) is 11.6. The van der Waals surface area contributed by atoms with Crippen molar-refractivity contribution in [3.63, 3.8) is 0 Å². The van der Waals surface area contributed by atoms with E-state index < -0.39 is 24.7 Å². The van der Waals surface area contributed by atoms with Crippen molar-refractivity contribution in [1.82, 2.24) is 10.2 Å². The van der Waals surface area contributed by atoms with Crippen LogP contribution in [0.4, 0.5) is 13.2 Å². The van der Waals surface area contributed by atoms with Gasteiger partial charge in [0.1, 0.15) is 6.54 Å². The first kappa shape index (κ1) is 15.6. The third-order valence-corrected chi connectivity index (χ3v) is 3.89. The number of carbonyl (C=O) groups is 1. The molecule has 2 aliphatic rings. The number of hydrogen-bond acceptors (Lipinski definition) is 3. The van der Waals surface area contributed by atoms with Gasteiger partial charge in [-0.2, -0.15) is 13.2 Å². The fourth-order valence-corrected chi connectivity index (χ4v) is 2.89. The molecular formula is C13H21F3N2O2. The van der Waals surface area contributed by atoms with E-state index in [9.17, 15) is 18.0 Å². The smallest absolute Gasteiger partial charge is 0.377 e. The number of nitrogens with one attached hydrogen (secondary N) is 1. The third kappa shape index (κ3) is 4.09. The number of amides is 1. The Hall–Kier alpha value is -0.820. The molecule has 2 fully saturated rings. The maximum absolute atomic E-state index is 12.4. The molecule has 116 valence electrons. The normalized spacial score (nSPS) is 29.8. The van der Waals surface area contributed by atoms with Gasteiger partial charge in [-0.25, -0.2) is 0 Å². The molecule has 7 heteroatoms. The Morgan fingerprint density at radius 3 is 2.75 bits per heavy atom. The molecule has 4 nitrogen and oxygen atoms in total.